The monoisotopic (exact) mass is 405 g/mol. The summed E-state index contributed by atoms with van der Waals surface area (Å²) in [5, 5.41) is 15.3. The number of alkyl carbamates (subject to hydrolysis) is 1. The highest BCUT2D eigenvalue weighted by atomic mass is 16.6. The van der Waals surface area contributed by atoms with Crippen LogP contribution >= 0.6 is 0 Å². The average Bonchev–Trinajstić information content (AvgIpc) is 3.15. The van der Waals surface area contributed by atoms with Crippen LogP contribution in [0.5, 0.6) is 0 Å². The van der Waals surface area contributed by atoms with Crippen LogP contribution in [-0.4, -0.2) is 41.0 Å². The molecular weight excluding hydrogens is 370 g/mol. The Labute approximate surface area is 173 Å². The normalized spacial score (nSPS) is 53.4. The van der Waals surface area contributed by atoms with Gasteiger partial charge in [-0.15, -0.1) is 0 Å². The largest absolute Gasteiger partial charge is 0.463 e. The number of hydrogen-bond acceptors (Lipinski definition) is 5. The van der Waals surface area contributed by atoms with E-state index in [1.807, 2.05) is 0 Å². The molecule has 0 aromatic heterocycles. The van der Waals surface area contributed by atoms with Gasteiger partial charge in [0, 0.05) is 12.3 Å². The Kier molecular flexibility index (Phi) is 4.14. The van der Waals surface area contributed by atoms with Crippen molar-refractivity contribution in [2.24, 2.45) is 28.6 Å². The second-order valence-corrected chi connectivity index (χ2v) is 11.1. The number of esters is 1. The molecule has 8 atom stereocenters. The molecule has 29 heavy (non-hydrogen) atoms. The first-order chi connectivity index (χ1) is 13.6. The third-order valence-corrected chi connectivity index (χ3v) is 10.3. The molecule has 162 valence electrons. The van der Waals surface area contributed by atoms with E-state index in [9.17, 15) is 14.7 Å². The van der Waals surface area contributed by atoms with E-state index in [-0.39, 0.29) is 34.9 Å². The second kappa shape index (κ2) is 6.12. The van der Waals surface area contributed by atoms with Gasteiger partial charge in [-0.3, -0.25) is 4.79 Å². The molecule has 5 rings (SSSR count). The summed E-state index contributed by atoms with van der Waals surface area (Å²) >= 11 is 0. The molecule has 5 aliphatic rings. The Morgan fingerprint density at radius 3 is 2.59 bits per heavy atom. The van der Waals surface area contributed by atoms with Crippen LogP contribution in [0.4, 0.5) is 4.79 Å². The van der Waals surface area contributed by atoms with E-state index in [0.29, 0.717) is 18.4 Å². The van der Waals surface area contributed by atoms with Gasteiger partial charge in [-0.25, -0.2) is 4.79 Å². The first-order valence-corrected chi connectivity index (χ1v) is 11.5. The van der Waals surface area contributed by atoms with Gasteiger partial charge in [0.25, 0.3) is 0 Å². The minimum absolute atomic E-state index is 0.0552. The van der Waals surface area contributed by atoms with Crippen LogP contribution < -0.4 is 5.32 Å². The van der Waals surface area contributed by atoms with Crippen molar-refractivity contribution in [3.05, 3.63) is 0 Å². The predicted molar refractivity (Wildman–Crippen MR) is 106 cm³/mol. The number of carbonyl (C=O) groups excluding carboxylic acids is 2. The van der Waals surface area contributed by atoms with E-state index >= 15 is 0 Å². The number of ether oxygens (including phenoxy) is 2. The summed E-state index contributed by atoms with van der Waals surface area (Å²) in [5.41, 5.74) is -1.32. The Balaban J connectivity index is 1.42. The second-order valence-electron chi connectivity index (χ2n) is 11.1. The summed E-state index contributed by atoms with van der Waals surface area (Å²) in [6, 6.07) is 0. The number of carbonyl (C=O) groups is 2. The highest BCUT2D eigenvalue weighted by molar-refractivity contribution is 5.71. The van der Waals surface area contributed by atoms with Crippen molar-refractivity contribution in [3.8, 4) is 0 Å². The lowest BCUT2D eigenvalue weighted by atomic mass is 9.43. The molecule has 0 aromatic rings. The van der Waals surface area contributed by atoms with Crippen LogP contribution in [0.2, 0.25) is 0 Å². The number of aliphatic hydroxyl groups is 1. The molecule has 0 aromatic carbocycles. The quantitative estimate of drug-likeness (QED) is 0.652. The molecule has 1 aliphatic heterocycles. The lowest BCUT2D eigenvalue weighted by Crippen LogP contribution is -2.67. The van der Waals surface area contributed by atoms with E-state index in [1.165, 1.54) is 6.92 Å². The number of cyclic esters (lactones) is 1. The molecule has 6 heteroatoms. The number of nitrogens with one attached hydrogen (secondary N) is 1. The highest BCUT2D eigenvalue weighted by Gasteiger charge is 2.73. The molecule has 1 amide bonds. The fraction of sp³-hybridized carbons (Fsp3) is 0.913. The van der Waals surface area contributed by atoms with Crippen molar-refractivity contribution in [3.63, 3.8) is 0 Å². The Hall–Kier alpha value is -1.30. The Bertz CT molecular complexity index is 741. The predicted octanol–water partition coefficient (Wildman–Crippen LogP) is 3.55. The molecule has 4 saturated carbocycles. The maximum Gasteiger partial charge on any atom is 0.407 e. The molecule has 1 spiro atoms. The van der Waals surface area contributed by atoms with Crippen molar-refractivity contribution >= 4 is 12.1 Å². The fourth-order valence-electron chi connectivity index (χ4n) is 8.55. The van der Waals surface area contributed by atoms with Crippen LogP contribution in [-0.2, 0) is 14.3 Å². The summed E-state index contributed by atoms with van der Waals surface area (Å²) < 4.78 is 10.9. The molecule has 0 radical (unpaired) electrons. The molecule has 5 fully saturated rings. The van der Waals surface area contributed by atoms with Crippen LogP contribution in [0.1, 0.15) is 78.6 Å². The van der Waals surface area contributed by atoms with Gasteiger partial charge in [0.1, 0.15) is 12.7 Å². The molecule has 0 bridgehead atoms. The van der Waals surface area contributed by atoms with E-state index in [2.05, 4.69) is 19.2 Å². The first kappa shape index (κ1) is 19.7. The van der Waals surface area contributed by atoms with Gasteiger partial charge in [-0.1, -0.05) is 13.8 Å². The first-order valence-electron chi connectivity index (χ1n) is 11.5. The molecule has 6 nitrogen and oxygen atoms in total. The minimum Gasteiger partial charge on any atom is -0.463 e. The number of amides is 1. The van der Waals surface area contributed by atoms with Gasteiger partial charge >= 0.3 is 12.1 Å². The highest BCUT2D eigenvalue weighted by Crippen LogP contribution is 2.70. The SMILES string of the molecule is CC(=O)O[C@H]1CC[C@@]2(C)[C@H](CC[C@@H]3[C@@H]2CC[C@]2(C)[C@]4(CC[C@]32O)COC(=O)N4)C1. The van der Waals surface area contributed by atoms with Gasteiger partial charge in [0.15, 0.2) is 0 Å². The zero-order chi connectivity index (χ0) is 20.7. The topological polar surface area (TPSA) is 84.9 Å². The average molecular weight is 406 g/mol. The van der Waals surface area contributed by atoms with Crippen molar-refractivity contribution < 1.29 is 24.2 Å². The number of fused-ring (bicyclic) bond motifs is 6. The molecule has 2 N–H and O–H groups in total. The van der Waals surface area contributed by atoms with Crippen molar-refractivity contribution in [1.29, 1.82) is 0 Å². The summed E-state index contributed by atoms with van der Waals surface area (Å²) in [7, 11) is 0. The molecule has 1 saturated heterocycles. The number of rotatable bonds is 1. The summed E-state index contributed by atoms with van der Waals surface area (Å²) in [6.07, 6.45) is 8.33. The molecule has 4 aliphatic carbocycles. The van der Waals surface area contributed by atoms with Crippen LogP contribution in [0.3, 0.4) is 0 Å². The maximum absolute atomic E-state index is 12.2. The van der Waals surface area contributed by atoms with E-state index < -0.39 is 11.1 Å². The Morgan fingerprint density at radius 2 is 1.90 bits per heavy atom. The van der Waals surface area contributed by atoms with Gasteiger partial charge in [0.05, 0.1) is 11.1 Å². The van der Waals surface area contributed by atoms with Crippen LogP contribution in [0.15, 0.2) is 0 Å². The van der Waals surface area contributed by atoms with E-state index in [0.717, 1.165) is 57.8 Å². The van der Waals surface area contributed by atoms with Crippen molar-refractivity contribution in [1.82, 2.24) is 5.32 Å². The van der Waals surface area contributed by atoms with Gasteiger partial charge < -0.3 is 19.9 Å². The molecule has 0 unspecified atom stereocenters. The lowest BCUT2D eigenvalue weighted by molar-refractivity contribution is -0.215. The maximum atomic E-state index is 12.2. The minimum atomic E-state index is -0.752. The van der Waals surface area contributed by atoms with Crippen LogP contribution in [0.25, 0.3) is 0 Å². The third kappa shape index (κ3) is 2.44. The lowest BCUT2D eigenvalue weighted by Gasteiger charge is -2.64. The Morgan fingerprint density at radius 1 is 1.10 bits per heavy atom. The van der Waals surface area contributed by atoms with Crippen molar-refractivity contribution in [2.75, 3.05) is 6.61 Å². The zero-order valence-electron chi connectivity index (χ0n) is 18.0. The number of hydrogen-bond donors (Lipinski definition) is 2. The van der Waals surface area contributed by atoms with Crippen molar-refractivity contribution in [2.45, 2.75) is 95.8 Å². The molecular formula is C23H35NO5. The smallest absolute Gasteiger partial charge is 0.407 e. The van der Waals surface area contributed by atoms with Gasteiger partial charge in [-0.2, -0.15) is 0 Å². The van der Waals surface area contributed by atoms with Gasteiger partial charge in [-0.05, 0) is 81.0 Å². The van der Waals surface area contributed by atoms with E-state index in [1.54, 1.807) is 0 Å². The third-order valence-electron chi connectivity index (χ3n) is 10.3. The molecule has 1 heterocycles. The van der Waals surface area contributed by atoms with Gasteiger partial charge in [0.2, 0.25) is 0 Å². The summed E-state index contributed by atoms with van der Waals surface area (Å²) in [5.74, 6) is 1.14. The fourth-order valence-corrected chi connectivity index (χ4v) is 8.55. The van der Waals surface area contributed by atoms with Crippen LogP contribution in [0, 0.1) is 28.6 Å². The summed E-state index contributed by atoms with van der Waals surface area (Å²) in [6.45, 7) is 6.50. The zero-order valence-corrected chi connectivity index (χ0v) is 18.0. The summed E-state index contributed by atoms with van der Waals surface area (Å²) in [4.78, 5) is 23.3. The van der Waals surface area contributed by atoms with E-state index in [4.69, 9.17) is 9.47 Å². The standard InChI is InChI=1S/C23H35NO5/c1-14(25)29-16-6-8-20(2)15(12-16)4-5-18-17(20)7-9-21(3)22(10-11-23(18,21)27)13-28-19(26)24-22/h15-18,27H,4-13H2,1-3H3,(H,24,26)/t15-,16+,17+,18-,20+,21-,22+,23+/m1/s1.